The Bertz CT molecular complexity index is 617. The molecule has 5 nitrogen and oxygen atoms in total. The summed E-state index contributed by atoms with van der Waals surface area (Å²) in [6, 6.07) is 3.99. The normalized spacial score (nSPS) is 18.3. The van der Waals surface area contributed by atoms with E-state index in [9.17, 15) is 10.1 Å². The third kappa shape index (κ3) is 3.58. The zero-order chi connectivity index (χ0) is 16.1. The molecular formula is C17H23N3O2. The lowest BCUT2D eigenvalue weighted by atomic mass is 10.1. The van der Waals surface area contributed by atoms with Gasteiger partial charge in [0.15, 0.2) is 0 Å². The van der Waals surface area contributed by atoms with E-state index in [2.05, 4.69) is 9.88 Å². The number of likely N-dealkylation sites (N-methyl/N-ethyl adjacent to an activating group) is 1. The molecular weight excluding hydrogens is 278 g/mol. The van der Waals surface area contributed by atoms with Gasteiger partial charge in [-0.3, -0.25) is 4.79 Å². The monoisotopic (exact) mass is 301 g/mol. The Morgan fingerprint density at radius 2 is 2.36 bits per heavy atom. The third-order valence-electron chi connectivity index (χ3n) is 4.03. The van der Waals surface area contributed by atoms with Crippen LogP contribution in [0.3, 0.4) is 0 Å². The Kier molecular flexibility index (Phi) is 5.40. The van der Waals surface area contributed by atoms with Crippen molar-refractivity contribution < 1.29 is 9.53 Å². The van der Waals surface area contributed by atoms with Crippen molar-refractivity contribution in [2.45, 2.75) is 46.3 Å². The van der Waals surface area contributed by atoms with Gasteiger partial charge < -0.3 is 14.6 Å². The molecule has 0 spiro atoms. The number of aromatic nitrogens is 1. The van der Waals surface area contributed by atoms with Crippen molar-refractivity contribution in [3.63, 3.8) is 0 Å². The lowest BCUT2D eigenvalue weighted by Gasteiger charge is -2.14. The zero-order valence-corrected chi connectivity index (χ0v) is 13.5. The second kappa shape index (κ2) is 7.28. The van der Waals surface area contributed by atoms with Gasteiger partial charge in [0, 0.05) is 31.1 Å². The predicted molar refractivity (Wildman–Crippen MR) is 85.2 cm³/mol. The molecule has 0 radical (unpaired) electrons. The van der Waals surface area contributed by atoms with Crippen molar-refractivity contribution in [1.82, 2.24) is 9.88 Å². The summed E-state index contributed by atoms with van der Waals surface area (Å²) in [6.07, 6.45) is 4.14. The molecule has 118 valence electrons. The maximum Gasteiger partial charge on any atom is 0.261 e. The van der Waals surface area contributed by atoms with Crippen LogP contribution in [-0.2, 0) is 16.1 Å². The minimum absolute atomic E-state index is 0.138. The number of nitriles is 1. The van der Waals surface area contributed by atoms with Crippen LogP contribution in [0.2, 0.25) is 0 Å². The molecule has 1 saturated heterocycles. The smallest absolute Gasteiger partial charge is 0.261 e. The van der Waals surface area contributed by atoms with E-state index >= 15 is 0 Å². The lowest BCUT2D eigenvalue weighted by molar-refractivity contribution is -0.116. The van der Waals surface area contributed by atoms with Gasteiger partial charge in [0.25, 0.3) is 5.91 Å². The molecule has 1 aliphatic rings. The van der Waals surface area contributed by atoms with Gasteiger partial charge in [0.2, 0.25) is 0 Å². The third-order valence-corrected chi connectivity index (χ3v) is 4.03. The summed E-state index contributed by atoms with van der Waals surface area (Å²) in [5, 5.41) is 11.8. The first-order valence-electron chi connectivity index (χ1n) is 7.75. The van der Waals surface area contributed by atoms with E-state index in [1.165, 1.54) is 0 Å². The topological polar surface area (TPSA) is 67.0 Å². The fourth-order valence-electron chi connectivity index (χ4n) is 2.81. The standard InChI is InChI=1S/C17H23N3O2/c1-4-19-17(21)15(10-18)9-14-8-12(2)20(13(14)3)11-16-6-5-7-22-16/h8-9,16H,4-7,11H2,1-3H3,(H,19,21)/b15-9+/t16-/m1/s1. The van der Waals surface area contributed by atoms with Crippen LogP contribution in [0.15, 0.2) is 11.6 Å². The molecule has 1 atom stereocenters. The van der Waals surface area contributed by atoms with Crippen LogP contribution in [-0.4, -0.2) is 29.7 Å². The molecule has 1 aromatic heterocycles. The number of ether oxygens (including phenoxy) is 1. The molecule has 0 aliphatic carbocycles. The number of hydrogen-bond donors (Lipinski definition) is 1. The molecule has 1 amide bonds. The number of carbonyl (C=O) groups is 1. The number of carbonyl (C=O) groups excluding carboxylic acids is 1. The lowest BCUT2D eigenvalue weighted by Crippen LogP contribution is -2.23. The van der Waals surface area contributed by atoms with Crippen molar-refractivity contribution in [1.29, 1.82) is 5.26 Å². The summed E-state index contributed by atoms with van der Waals surface area (Å²) in [5.74, 6) is -0.325. The maximum atomic E-state index is 11.8. The minimum Gasteiger partial charge on any atom is -0.376 e. The van der Waals surface area contributed by atoms with E-state index in [-0.39, 0.29) is 17.6 Å². The van der Waals surface area contributed by atoms with Gasteiger partial charge in [-0.25, -0.2) is 0 Å². The molecule has 1 aliphatic heterocycles. The minimum atomic E-state index is -0.325. The molecule has 0 saturated carbocycles. The Hall–Kier alpha value is -2.06. The Morgan fingerprint density at radius 1 is 1.59 bits per heavy atom. The quantitative estimate of drug-likeness (QED) is 0.670. The summed E-state index contributed by atoms with van der Waals surface area (Å²) >= 11 is 0. The van der Waals surface area contributed by atoms with E-state index in [1.54, 1.807) is 6.08 Å². The molecule has 0 unspecified atom stereocenters. The van der Waals surface area contributed by atoms with E-state index < -0.39 is 0 Å². The van der Waals surface area contributed by atoms with Crippen LogP contribution in [0.4, 0.5) is 0 Å². The first-order valence-corrected chi connectivity index (χ1v) is 7.75. The second-order valence-electron chi connectivity index (χ2n) is 5.60. The predicted octanol–water partition coefficient (Wildman–Crippen LogP) is 2.33. The van der Waals surface area contributed by atoms with Crippen LogP contribution in [0.5, 0.6) is 0 Å². The highest BCUT2D eigenvalue weighted by atomic mass is 16.5. The molecule has 5 heteroatoms. The molecule has 1 fully saturated rings. The Labute approximate surface area is 131 Å². The maximum absolute atomic E-state index is 11.8. The first kappa shape index (κ1) is 16.3. The Morgan fingerprint density at radius 3 is 2.95 bits per heavy atom. The largest absolute Gasteiger partial charge is 0.376 e. The van der Waals surface area contributed by atoms with Crippen molar-refractivity contribution in [3.05, 3.63) is 28.6 Å². The first-order chi connectivity index (χ1) is 10.6. The van der Waals surface area contributed by atoms with Gasteiger partial charge in [-0.05, 0) is 51.3 Å². The van der Waals surface area contributed by atoms with Gasteiger partial charge in [-0.15, -0.1) is 0 Å². The average Bonchev–Trinajstić information content (AvgIpc) is 3.09. The summed E-state index contributed by atoms with van der Waals surface area (Å²) in [7, 11) is 0. The second-order valence-corrected chi connectivity index (χ2v) is 5.60. The molecule has 0 aromatic carbocycles. The number of amides is 1. The van der Waals surface area contributed by atoms with Crippen molar-refractivity contribution in [2.75, 3.05) is 13.2 Å². The zero-order valence-electron chi connectivity index (χ0n) is 13.5. The van der Waals surface area contributed by atoms with E-state index in [0.29, 0.717) is 6.54 Å². The van der Waals surface area contributed by atoms with Gasteiger partial charge >= 0.3 is 0 Å². The molecule has 1 aromatic rings. The number of nitrogens with zero attached hydrogens (tertiary/aromatic N) is 2. The number of aryl methyl sites for hydroxylation is 1. The summed E-state index contributed by atoms with van der Waals surface area (Å²) in [5.41, 5.74) is 3.23. The van der Waals surface area contributed by atoms with Gasteiger partial charge in [-0.2, -0.15) is 5.26 Å². The summed E-state index contributed by atoms with van der Waals surface area (Å²) < 4.78 is 7.90. The fourth-order valence-corrected chi connectivity index (χ4v) is 2.81. The Balaban J connectivity index is 2.24. The van der Waals surface area contributed by atoms with Gasteiger partial charge in [0.05, 0.1) is 6.10 Å². The number of nitrogens with one attached hydrogen (secondary N) is 1. The van der Waals surface area contributed by atoms with Crippen LogP contribution in [0, 0.1) is 25.2 Å². The average molecular weight is 301 g/mol. The number of rotatable bonds is 5. The molecule has 22 heavy (non-hydrogen) atoms. The van der Waals surface area contributed by atoms with E-state index in [1.807, 2.05) is 32.9 Å². The molecule has 2 heterocycles. The molecule has 0 bridgehead atoms. The van der Waals surface area contributed by atoms with Crippen molar-refractivity contribution in [2.24, 2.45) is 0 Å². The summed E-state index contributed by atoms with van der Waals surface area (Å²) in [6.45, 7) is 8.06. The highest BCUT2D eigenvalue weighted by molar-refractivity contribution is 6.01. The van der Waals surface area contributed by atoms with Crippen LogP contribution < -0.4 is 5.32 Å². The van der Waals surface area contributed by atoms with E-state index in [4.69, 9.17) is 4.74 Å². The van der Waals surface area contributed by atoms with Crippen LogP contribution in [0.1, 0.15) is 36.7 Å². The fraction of sp³-hybridized carbons (Fsp3) is 0.529. The van der Waals surface area contributed by atoms with Gasteiger partial charge in [-0.1, -0.05) is 0 Å². The van der Waals surface area contributed by atoms with Crippen molar-refractivity contribution in [3.8, 4) is 6.07 Å². The van der Waals surface area contributed by atoms with Crippen molar-refractivity contribution >= 4 is 12.0 Å². The van der Waals surface area contributed by atoms with Gasteiger partial charge in [0.1, 0.15) is 11.6 Å². The highest BCUT2D eigenvalue weighted by Gasteiger charge is 2.19. The molecule has 1 N–H and O–H groups in total. The van der Waals surface area contributed by atoms with Crippen LogP contribution in [0.25, 0.3) is 6.08 Å². The van der Waals surface area contributed by atoms with Crippen LogP contribution >= 0.6 is 0 Å². The SMILES string of the molecule is CCNC(=O)/C(C#N)=C/c1cc(C)n(C[C@H]2CCCO2)c1C. The van der Waals surface area contributed by atoms with E-state index in [0.717, 1.165) is 42.9 Å². The number of hydrogen-bond acceptors (Lipinski definition) is 3. The highest BCUT2D eigenvalue weighted by Crippen LogP contribution is 2.22. The summed E-state index contributed by atoms with van der Waals surface area (Å²) in [4.78, 5) is 11.8. The molecule has 2 rings (SSSR count).